The summed E-state index contributed by atoms with van der Waals surface area (Å²) in [4.78, 5) is 33.3. The summed E-state index contributed by atoms with van der Waals surface area (Å²) in [6.07, 6.45) is 0. The van der Waals surface area contributed by atoms with Crippen LogP contribution in [-0.4, -0.2) is 38.2 Å². The zero-order valence-corrected chi connectivity index (χ0v) is 12.5. The molecule has 21 heavy (non-hydrogen) atoms. The maximum absolute atomic E-state index is 11.4. The van der Waals surface area contributed by atoms with Crippen molar-refractivity contribution in [1.29, 1.82) is 0 Å². The van der Waals surface area contributed by atoms with Crippen molar-refractivity contribution in [3.05, 3.63) is 28.2 Å². The summed E-state index contributed by atoms with van der Waals surface area (Å²) < 4.78 is 9.72. The average Bonchev–Trinajstić information content (AvgIpc) is 2.44. The second-order valence-corrected chi connectivity index (χ2v) is 4.50. The van der Waals surface area contributed by atoms with Gasteiger partial charge in [0.1, 0.15) is 5.75 Å². The van der Waals surface area contributed by atoms with Crippen molar-refractivity contribution in [2.45, 2.75) is 0 Å². The zero-order chi connectivity index (χ0) is 15.8. The lowest BCUT2D eigenvalue weighted by atomic mass is 10.3. The third kappa shape index (κ3) is 6.33. The molecule has 1 rings (SSSR count). The Balaban J connectivity index is 2.34. The Morgan fingerprint density at radius 3 is 2.52 bits per heavy atom. The number of hydrogen-bond donors (Lipinski definition) is 2. The van der Waals surface area contributed by atoms with Gasteiger partial charge >= 0.3 is 12.0 Å². The van der Waals surface area contributed by atoms with Crippen molar-refractivity contribution in [3.8, 4) is 5.75 Å². The standard InChI is InChI=1S/C12H12Cl2N2O5/c1-15-12(19)16-10(17)5-21-11(18)6-20-9-3-2-7(13)4-8(9)14/h2-4H,5-6H2,1H3,(H2,15,16,17,19). The molecular weight excluding hydrogens is 323 g/mol. The monoisotopic (exact) mass is 334 g/mol. The molecule has 0 unspecified atom stereocenters. The molecule has 7 nitrogen and oxygen atoms in total. The predicted octanol–water partition coefficient (Wildman–Crippen LogP) is 1.37. The van der Waals surface area contributed by atoms with Crippen molar-refractivity contribution in [1.82, 2.24) is 10.6 Å². The van der Waals surface area contributed by atoms with Crippen LogP contribution in [0.25, 0.3) is 0 Å². The molecule has 1 aromatic rings. The number of ether oxygens (including phenoxy) is 2. The van der Waals surface area contributed by atoms with Gasteiger partial charge in [-0.1, -0.05) is 23.2 Å². The summed E-state index contributed by atoms with van der Waals surface area (Å²) in [5.41, 5.74) is 0. The third-order valence-corrected chi connectivity index (χ3v) is 2.61. The number of carbonyl (C=O) groups excluding carboxylic acids is 3. The molecule has 0 aliphatic heterocycles. The molecule has 0 fully saturated rings. The lowest BCUT2D eigenvalue weighted by molar-refractivity contribution is -0.150. The molecule has 0 saturated carbocycles. The maximum Gasteiger partial charge on any atom is 0.344 e. The quantitative estimate of drug-likeness (QED) is 0.793. The number of rotatable bonds is 5. The van der Waals surface area contributed by atoms with E-state index < -0.39 is 31.1 Å². The Hall–Kier alpha value is -1.99. The largest absolute Gasteiger partial charge is 0.480 e. The molecule has 0 bridgehead atoms. The Bertz CT molecular complexity index is 550. The minimum absolute atomic E-state index is 0.243. The van der Waals surface area contributed by atoms with Gasteiger partial charge in [-0.3, -0.25) is 10.1 Å². The number of amides is 3. The first-order valence-corrected chi connectivity index (χ1v) is 6.43. The van der Waals surface area contributed by atoms with E-state index in [0.29, 0.717) is 5.02 Å². The molecule has 9 heteroatoms. The van der Waals surface area contributed by atoms with Crippen LogP contribution in [0, 0.1) is 0 Å². The minimum atomic E-state index is -0.784. The minimum Gasteiger partial charge on any atom is -0.480 e. The fraction of sp³-hybridized carbons (Fsp3) is 0.250. The van der Waals surface area contributed by atoms with Crippen LogP contribution in [0.15, 0.2) is 18.2 Å². The lowest BCUT2D eigenvalue weighted by Gasteiger charge is -2.08. The van der Waals surface area contributed by atoms with Gasteiger partial charge in [-0.25, -0.2) is 9.59 Å². The second kappa shape index (κ2) is 8.33. The molecule has 0 atom stereocenters. The van der Waals surface area contributed by atoms with Gasteiger partial charge in [-0.05, 0) is 18.2 Å². The molecule has 0 heterocycles. The molecule has 2 N–H and O–H groups in total. The molecule has 0 spiro atoms. The van der Waals surface area contributed by atoms with Crippen LogP contribution in [0.4, 0.5) is 4.79 Å². The highest BCUT2D eigenvalue weighted by Gasteiger charge is 2.11. The molecular formula is C12H12Cl2N2O5. The van der Waals surface area contributed by atoms with E-state index in [0.717, 1.165) is 0 Å². The Labute approximate surface area is 130 Å². The number of hydrogen-bond acceptors (Lipinski definition) is 5. The summed E-state index contributed by atoms with van der Waals surface area (Å²) >= 11 is 11.6. The predicted molar refractivity (Wildman–Crippen MR) is 75.5 cm³/mol. The van der Waals surface area contributed by atoms with Gasteiger partial charge in [0.15, 0.2) is 13.2 Å². The second-order valence-electron chi connectivity index (χ2n) is 3.65. The van der Waals surface area contributed by atoms with Crippen molar-refractivity contribution >= 4 is 41.1 Å². The van der Waals surface area contributed by atoms with Gasteiger partial charge in [-0.2, -0.15) is 0 Å². The SMILES string of the molecule is CNC(=O)NC(=O)COC(=O)COc1ccc(Cl)cc1Cl. The molecule has 0 saturated heterocycles. The molecule has 0 aromatic heterocycles. The number of benzene rings is 1. The molecule has 0 aliphatic carbocycles. The van der Waals surface area contributed by atoms with Crippen LogP contribution in [-0.2, 0) is 14.3 Å². The highest BCUT2D eigenvalue weighted by atomic mass is 35.5. The average molecular weight is 335 g/mol. The zero-order valence-electron chi connectivity index (χ0n) is 10.9. The van der Waals surface area contributed by atoms with Crippen LogP contribution >= 0.6 is 23.2 Å². The van der Waals surface area contributed by atoms with E-state index in [1.807, 2.05) is 5.32 Å². The molecule has 1 aromatic carbocycles. The maximum atomic E-state index is 11.4. The number of nitrogens with one attached hydrogen (secondary N) is 2. The van der Waals surface area contributed by atoms with Gasteiger partial charge in [0.25, 0.3) is 5.91 Å². The topological polar surface area (TPSA) is 93.7 Å². The summed E-state index contributed by atoms with van der Waals surface area (Å²) in [6, 6.07) is 3.81. The van der Waals surface area contributed by atoms with Crippen LogP contribution in [0.1, 0.15) is 0 Å². The molecule has 114 valence electrons. The number of imide groups is 1. The smallest absolute Gasteiger partial charge is 0.344 e. The van der Waals surface area contributed by atoms with E-state index in [1.165, 1.54) is 19.2 Å². The summed E-state index contributed by atoms with van der Waals surface area (Å²) in [6.45, 7) is -1.03. The summed E-state index contributed by atoms with van der Waals surface area (Å²) in [5.74, 6) is -1.28. The number of urea groups is 1. The molecule has 0 radical (unpaired) electrons. The number of carbonyl (C=O) groups is 3. The Morgan fingerprint density at radius 1 is 1.19 bits per heavy atom. The highest BCUT2D eigenvalue weighted by Crippen LogP contribution is 2.27. The number of esters is 1. The van der Waals surface area contributed by atoms with E-state index in [2.05, 4.69) is 10.1 Å². The van der Waals surface area contributed by atoms with E-state index in [-0.39, 0.29) is 10.8 Å². The van der Waals surface area contributed by atoms with Gasteiger partial charge in [0.05, 0.1) is 5.02 Å². The Morgan fingerprint density at radius 2 is 1.90 bits per heavy atom. The van der Waals surface area contributed by atoms with Gasteiger partial charge in [0, 0.05) is 12.1 Å². The van der Waals surface area contributed by atoms with E-state index in [1.54, 1.807) is 6.07 Å². The van der Waals surface area contributed by atoms with E-state index in [9.17, 15) is 14.4 Å². The van der Waals surface area contributed by atoms with Gasteiger partial charge in [-0.15, -0.1) is 0 Å². The Kier molecular flexibility index (Phi) is 6.77. The normalized spacial score (nSPS) is 9.67. The summed E-state index contributed by atoms with van der Waals surface area (Å²) in [7, 11) is 1.35. The van der Waals surface area contributed by atoms with Crippen molar-refractivity contribution in [3.63, 3.8) is 0 Å². The van der Waals surface area contributed by atoms with Crippen LogP contribution in [0.5, 0.6) is 5.75 Å². The number of halogens is 2. The summed E-state index contributed by atoms with van der Waals surface area (Å²) in [5, 5.41) is 4.79. The lowest BCUT2D eigenvalue weighted by Crippen LogP contribution is -2.40. The highest BCUT2D eigenvalue weighted by molar-refractivity contribution is 6.35. The first kappa shape index (κ1) is 17.1. The van der Waals surface area contributed by atoms with Crippen LogP contribution < -0.4 is 15.4 Å². The van der Waals surface area contributed by atoms with Crippen molar-refractivity contribution in [2.24, 2.45) is 0 Å². The van der Waals surface area contributed by atoms with Crippen molar-refractivity contribution < 1.29 is 23.9 Å². The van der Waals surface area contributed by atoms with Crippen molar-refractivity contribution in [2.75, 3.05) is 20.3 Å². The van der Waals surface area contributed by atoms with E-state index in [4.69, 9.17) is 27.9 Å². The van der Waals surface area contributed by atoms with Gasteiger partial charge in [0.2, 0.25) is 0 Å². The fourth-order valence-electron chi connectivity index (χ4n) is 1.14. The van der Waals surface area contributed by atoms with Crippen LogP contribution in [0.2, 0.25) is 10.0 Å². The first-order valence-electron chi connectivity index (χ1n) is 5.67. The fourth-order valence-corrected chi connectivity index (χ4v) is 1.60. The van der Waals surface area contributed by atoms with Crippen LogP contribution in [0.3, 0.4) is 0 Å². The molecule has 0 aliphatic rings. The molecule has 3 amide bonds. The first-order chi connectivity index (χ1) is 9.92. The van der Waals surface area contributed by atoms with Gasteiger partial charge < -0.3 is 14.8 Å². The van der Waals surface area contributed by atoms with E-state index >= 15 is 0 Å². The third-order valence-electron chi connectivity index (χ3n) is 2.08.